The number of carbonyl (C=O) groups excluding carboxylic acids is 1. The zero-order valence-electron chi connectivity index (χ0n) is 15.2. The van der Waals surface area contributed by atoms with Crippen LogP contribution in [0.15, 0.2) is 36.4 Å². The number of rotatable bonds is 4. The van der Waals surface area contributed by atoms with Crippen molar-refractivity contribution in [3.05, 3.63) is 52.5 Å². The molecule has 0 aromatic heterocycles. The minimum Gasteiger partial charge on any atom is -0.493 e. The van der Waals surface area contributed by atoms with Gasteiger partial charge in [0.2, 0.25) is 0 Å². The zero-order valence-corrected chi connectivity index (χ0v) is 16.0. The Hall–Kier alpha value is -2.91. The summed E-state index contributed by atoms with van der Waals surface area (Å²) in [5.41, 5.74) is 1.86. The quantitative estimate of drug-likeness (QED) is 0.808. The molecule has 27 heavy (non-hydrogen) atoms. The maximum atomic E-state index is 13.0. The Labute approximate surface area is 163 Å². The van der Waals surface area contributed by atoms with Gasteiger partial charge in [0.25, 0.3) is 5.91 Å². The molecule has 0 radical (unpaired) electrons. The number of ether oxygens (including phenoxy) is 2. The van der Waals surface area contributed by atoms with Crippen LogP contribution in [0.25, 0.3) is 0 Å². The highest BCUT2D eigenvalue weighted by Crippen LogP contribution is 2.32. The topological polar surface area (TPSA) is 65.8 Å². The van der Waals surface area contributed by atoms with Crippen LogP contribution < -0.4 is 14.4 Å². The van der Waals surface area contributed by atoms with Gasteiger partial charge in [-0.1, -0.05) is 17.7 Å². The van der Waals surface area contributed by atoms with Gasteiger partial charge in [0, 0.05) is 31.2 Å². The lowest BCUT2D eigenvalue weighted by atomic mass is 10.1. The maximum absolute atomic E-state index is 13.0. The molecule has 0 atom stereocenters. The molecule has 0 unspecified atom stereocenters. The lowest BCUT2D eigenvalue weighted by Gasteiger charge is -2.36. The number of hydrogen-bond acceptors (Lipinski definition) is 5. The van der Waals surface area contributed by atoms with Gasteiger partial charge in [-0.2, -0.15) is 5.26 Å². The molecular weight excluding hydrogens is 366 g/mol. The smallest absolute Gasteiger partial charge is 0.257 e. The SMILES string of the molecule is COc1cccc(C(=O)N2CCN(c3ccc(Cl)cc3C#N)CC2)c1OC. The molecule has 0 N–H and O–H groups in total. The molecule has 140 valence electrons. The van der Waals surface area contributed by atoms with E-state index in [2.05, 4.69) is 11.0 Å². The summed E-state index contributed by atoms with van der Waals surface area (Å²) in [5.74, 6) is 0.876. The van der Waals surface area contributed by atoms with Crippen LogP contribution in [0.3, 0.4) is 0 Å². The monoisotopic (exact) mass is 385 g/mol. The molecule has 7 heteroatoms. The minimum absolute atomic E-state index is 0.0954. The maximum Gasteiger partial charge on any atom is 0.257 e. The number of nitrogens with zero attached hydrogens (tertiary/aromatic N) is 3. The van der Waals surface area contributed by atoms with E-state index in [1.54, 1.807) is 42.3 Å². The summed E-state index contributed by atoms with van der Waals surface area (Å²) in [6, 6.07) is 12.7. The first-order valence-corrected chi connectivity index (χ1v) is 8.91. The number of anilines is 1. The van der Waals surface area contributed by atoms with E-state index in [1.165, 1.54) is 7.11 Å². The summed E-state index contributed by atoms with van der Waals surface area (Å²) in [4.78, 5) is 16.8. The largest absolute Gasteiger partial charge is 0.493 e. The van der Waals surface area contributed by atoms with Gasteiger partial charge in [-0.05, 0) is 30.3 Å². The first-order valence-electron chi connectivity index (χ1n) is 8.54. The molecule has 1 heterocycles. The van der Waals surface area contributed by atoms with E-state index in [-0.39, 0.29) is 5.91 Å². The van der Waals surface area contributed by atoms with E-state index in [9.17, 15) is 10.1 Å². The zero-order chi connectivity index (χ0) is 19.4. The fourth-order valence-corrected chi connectivity index (χ4v) is 3.42. The fourth-order valence-electron chi connectivity index (χ4n) is 3.25. The van der Waals surface area contributed by atoms with E-state index >= 15 is 0 Å². The van der Waals surface area contributed by atoms with Crippen molar-refractivity contribution < 1.29 is 14.3 Å². The van der Waals surface area contributed by atoms with Crippen molar-refractivity contribution in [2.45, 2.75) is 0 Å². The van der Waals surface area contributed by atoms with Gasteiger partial charge >= 0.3 is 0 Å². The second kappa shape index (κ2) is 8.19. The Morgan fingerprint density at radius 1 is 1.11 bits per heavy atom. The predicted octanol–water partition coefficient (Wildman–Crippen LogP) is 3.19. The van der Waals surface area contributed by atoms with E-state index in [1.807, 2.05) is 6.07 Å². The number of nitriles is 1. The van der Waals surface area contributed by atoms with Crippen molar-refractivity contribution in [1.29, 1.82) is 5.26 Å². The van der Waals surface area contributed by atoms with E-state index in [0.717, 1.165) is 5.69 Å². The van der Waals surface area contributed by atoms with Gasteiger partial charge in [0.05, 0.1) is 31.0 Å². The molecule has 3 rings (SSSR count). The number of hydrogen-bond donors (Lipinski definition) is 0. The summed E-state index contributed by atoms with van der Waals surface area (Å²) in [6.07, 6.45) is 0. The van der Waals surface area contributed by atoms with E-state index in [0.29, 0.717) is 53.8 Å². The molecule has 0 saturated carbocycles. The van der Waals surface area contributed by atoms with E-state index < -0.39 is 0 Å². The number of piperazine rings is 1. The standard InChI is InChI=1S/C20H20ClN3O3/c1-26-18-5-3-4-16(19(18)27-2)20(25)24-10-8-23(9-11-24)17-7-6-15(21)12-14(17)13-22/h3-7,12H,8-11H2,1-2H3. The van der Waals surface area contributed by atoms with Crippen molar-refractivity contribution in [1.82, 2.24) is 4.90 Å². The van der Waals surface area contributed by atoms with Crippen LogP contribution in [-0.2, 0) is 0 Å². The molecule has 1 saturated heterocycles. The van der Waals surface area contributed by atoms with Gasteiger partial charge in [0.15, 0.2) is 11.5 Å². The number of amides is 1. The molecule has 1 amide bonds. The summed E-state index contributed by atoms with van der Waals surface area (Å²) in [5, 5.41) is 9.88. The van der Waals surface area contributed by atoms with Crippen LogP contribution in [-0.4, -0.2) is 51.2 Å². The van der Waals surface area contributed by atoms with Crippen LogP contribution in [0.1, 0.15) is 15.9 Å². The minimum atomic E-state index is -0.0954. The highest BCUT2D eigenvalue weighted by molar-refractivity contribution is 6.30. The van der Waals surface area contributed by atoms with Crippen LogP contribution in [0, 0.1) is 11.3 Å². The van der Waals surface area contributed by atoms with Crippen molar-refractivity contribution in [3.63, 3.8) is 0 Å². The molecule has 2 aromatic rings. The molecule has 1 aliphatic heterocycles. The number of methoxy groups -OCH3 is 2. The van der Waals surface area contributed by atoms with Crippen molar-refractivity contribution in [3.8, 4) is 17.6 Å². The number of benzene rings is 2. The van der Waals surface area contributed by atoms with Crippen molar-refractivity contribution in [2.24, 2.45) is 0 Å². The second-order valence-electron chi connectivity index (χ2n) is 6.09. The Morgan fingerprint density at radius 3 is 2.48 bits per heavy atom. The van der Waals surface area contributed by atoms with Crippen molar-refractivity contribution >= 4 is 23.2 Å². The van der Waals surface area contributed by atoms with Crippen LogP contribution in [0.4, 0.5) is 5.69 Å². The molecule has 1 aliphatic rings. The van der Waals surface area contributed by atoms with Crippen LogP contribution >= 0.6 is 11.6 Å². The third kappa shape index (κ3) is 3.79. The van der Waals surface area contributed by atoms with Gasteiger partial charge in [-0.25, -0.2) is 0 Å². The summed E-state index contributed by atoms with van der Waals surface area (Å²) >= 11 is 5.98. The summed E-state index contributed by atoms with van der Waals surface area (Å²) < 4.78 is 10.7. The molecule has 2 aromatic carbocycles. The average Bonchev–Trinajstić information content (AvgIpc) is 2.72. The molecule has 0 aliphatic carbocycles. The average molecular weight is 386 g/mol. The first kappa shape index (κ1) is 18.9. The first-order chi connectivity index (χ1) is 13.1. The normalized spacial score (nSPS) is 13.9. The number of carbonyl (C=O) groups is 1. The van der Waals surface area contributed by atoms with Crippen LogP contribution in [0.5, 0.6) is 11.5 Å². The lowest BCUT2D eigenvalue weighted by Crippen LogP contribution is -2.49. The summed E-state index contributed by atoms with van der Waals surface area (Å²) in [6.45, 7) is 2.36. The van der Waals surface area contributed by atoms with E-state index in [4.69, 9.17) is 21.1 Å². The number of para-hydroxylation sites is 1. The van der Waals surface area contributed by atoms with Gasteiger partial charge in [-0.3, -0.25) is 4.79 Å². The Morgan fingerprint density at radius 2 is 1.85 bits per heavy atom. The summed E-state index contributed by atoms with van der Waals surface area (Å²) in [7, 11) is 3.07. The van der Waals surface area contributed by atoms with Gasteiger partial charge in [0.1, 0.15) is 6.07 Å². The molecular formula is C20H20ClN3O3. The van der Waals surface area contributed by atoms with Gasteiger partial charge < -0.3 is 19.3 Å². The molecule has 1 fully saturated rings. The Bertz CT molecular complexity index is 887. The van der Waals surface area contributed by atoms with Crippen molar-refractivity contribution in [2.75, 3.05) is 45.3 Å². The third-order valence-electron chi connectivity index (χ3n) is 4.62. The predicted molar refractivity (Wildman–Crippen MR) is 104 cm³/mol. The Kier molecular flexibility index (Phi) is 5.72. The fraction of sp³-hybridized carbons (Fsp3) is 0.300. The van der Waals surface area contributed by atoms with Gasteiger partial charge in [-0.15, -0.1) is 0 Å². The van der Waals surface area contributed by atoms with Crippen LogP contribution in [0.2, 0.25) is 5.02 Å². The molecule has 0 bridgehead atoms. The lowest BCUT2D eigenvalue weighted by molar-refractivity contribution is 0.0742. The highest BCUT2D eigenvalue weighted by Gasteiger charge is 2.26. The second-order valence-corrected chi connectivity index (χ2v) is 6.53. The molecule has 0 spiro atoms. The number of halogens is 1. The highest BCUT2D eigenvalue weighted by atomic mass is 35.5. The molecule has 6 nitrogen and oxygen atoms in total. The Balaban J connectivity index is 1.75. The third-order valence-corrected chi connectivity index (χ3v) is 4.86.